The highest BCUT2D eigenvalue weighted by molar-refractivity contribution is 5.89. The van der Waals surface area contributed by atoms with E-state index < -0.39 is 76.3 Å². The van der Waals surface area contributed by atoms with Gasteiger partial charge in [0.15, 0.2) is 0 Å². The normalized spacial score (nSPS) is 47.4. The van der Waals surface area contributed by atoms with E-state index in [0.29, 0.717) is 37.4 Å². The quantitative estimate of drug-likeness (QED) is 0.353. The lowest BCUT2D eigenvalue weighted by Gasteiger charge is -2.70. The second-order valence-corrected chi connectivity index (χ2v) is 14.7. The number of carbonyl (C=O) groups excluding carboxylic acids is 2. The van der Waals surface area contributed by atoms with Crippen molar-refractivity contribution in [2.45, 2.75) is 80.9 Å². The molecule has 0 amide bonds. The van der Waals surface area contributed by atoms with Gasteiger partial charge in [-0.3, -0.25) is 9.69 Å². The SMILES string of the molecule is CCN1C[C@@]2(COC)[C@H](O)C[C@H](OC)[C@@]34[C@@H]5C[C@@]6(O)[C@H](OC)C[C@](OC(C)=O)([C@H]5[C@@H]6OC(=O)c5ccc(OC)cc5)[C@@H]([C@@H](OC)[C@@H]23)[C@@H]14. The lowest BCUT2D eigenvalue weighted by molar-refractivity contribution is -0.300. The molecule has 2 N–H and O–H groups in total. The lowest BCUT2D eigenvalue weighted by Crippen LogP contribution is -2.79. The second kappa shape index (κ2) is 11.4. The van der Waals surface area contributed by atoms with Crippen molar-refractivity contribution in [2.24, 2.45) is 34.5 Å². The van der Waals surface area contributed by atoms with Crippen molar-refractivity contribution < 1.29 is 53.0 Å². The minimum Gasteiger partial charge on any atom is -0.497 e. The monoisotopic (exact) mass is 659 g/mol. The summed E-state index contributed by atoms with van der Waals surface area (Å²) in [6, 6.07) is 6.44. The first kappa shape index (κ1) is 33.2. The van der Waals surface area contributed by atoms with Gasteiger partial charge in [-0.15, -0.1) is 0 Å². The maximum Gasteiger partial charge on any atom is 0.338 e. The maximum atomic E-state index is 13.9. The maximum absolute atomic E-state index is 13.9. The Balaban J connectivity index is 1.47. The number of hydrogen-bond acceptors (Lipinski definition) is 12. The van der Waals surface area contributed by atoms with Crippen LogP contribution in [0.25, 0.3) is 0 Å². The van der Waals surface area contributed by atoms with Crippen LogP contribution in [0.1, 0.15) is 43.5 Å². The Morgan fingerprint density at radius 1 is 0.979 bits per heavy atom. The molecule has 1 saturated heterocycles. The van der Waals surface area contributed by atoms with Crippen LogP contribution in [0.15, 0.2) is 24.3 Å². The van der Waals surface area contributed by atoms with Crippen molar-refractivity contribution in [3.8, 4) is 5.75 Å². The third kappa shape index (κ3) is 4.00. The van der Waals surface area contributed by atoms with Gasteiger partial charge in [0.1, 0.15) is 23.1 Å². The zero-order valence-corrected chi connectivity index (χ0v) is 28.3. The van der Waals surface area contributed by atoms with E-state index in [2.05, 4.69) is 11.8 Å². The van der Waals surface area contributed by atoms with Crippen LogP contribution in [-0.4, -0.2) is 130 Å². The van der Waals surface area contributed by atoms with Crippen LogP contribution < -0.4 is 4.74 Å². The number of hydrogen-bond donors (Lipinski definition) is 2. The van der Waals surface area contributed by atoms with Crippen molar-refractivity contribution in [3.63, 3.8) is 0 Å². The molecule has 5 saturated carbocycles. The molecule has 0 aromatic heterocycles. The van der Waals surface area contributed by atoms with E-state index in [4.69, 9.17) is 33.2 Å². The Kier molecular flexibility index (Phi) is 8.02. The smallest absolute Gasteiger partial charge is 0.338 e. The van der Waals surface area contributed by atoms with Gasteiger partial charge in [0.2, 0.25) is 0 Å². The Hall–Kier alpha value is -2.32. The fourth-order valence-electron chi connectivity index (χ4n) is 12.4. The average Bonchev–Trinajstić information content (AvgIpc) is 3.43. The predicted molar refractivity (Wildman–Crippen MR) is 166 cm³/mol. The molecule has 1 aromatic rings. The molecule has 0 unspecified atom stereocenters. The third-order valence-electron chi connectivity index (χ3n) is 13.4. The minimum atomic E-state index is -1.58. The molecular weight excluding hydrogens is 610 g/mol. The van der Waals surface area contributed by atoms with Crippen molar-refractivity contribution in [1.82, 2.24) is 4.90 Å². The van der Waals surface area contributed by atoms with Gasteiger partial charge in [-0.25, -0.2) is 4.79 Å². The van der Waals surface area contributed by atoms with Gasteiger partial charge < -0.3 is 43.4 Å². The number of fused-ring (bicyclic) bond motifs is 2. The number of methoxy groups -OCH3 is 5. The van der Waals surface area contributed by atoms with Crippen molar-refractivity contribution in [3.05, 3.63) is 29.8 Å². The summed E-state index contributed by atoms with van der Waals surface area (Å²) in [5.41, 5.74) is -3.89. The molecule has 6 aliphatic rings. The predicted octanol–water partition coefficient (Wildman–Crippen LogP) is 1.69. The van der Waals surface area contributed by atoms with Gasteiger partial charge in [0.05, 0.1) is 43.7 Å². The molecule has 12 heteroatoms. The largest absolute Gasteiger partial charge is 0.497 e. The van der Waals surface area contributed by atoms with Crippen LogP contribution in [0.5, 0.6) is 5.75 Å². The molecule has 7 rings (SSSR count). The highest BCUT2D eigenvalue weighted by Gasteiger charge is 2.90. The highest BCUT2D eigenvalue weighted by Crippen LogP contribution is 2.80. The van der Waals surface area contributed by atoms with E-state index in [1.165, 1.54) is 14.0 Å². The molecule has 1 aliphatic heterocycles. The number of likely N-dealkylation sites (tertiary alicyclic amines) is 1. The number of aliphatic hydroxyl groups excluding tert-OH is 1. The van der Waals surface area contributed by atoms with Crippen LogP contribution >= 0.6 is 0 Å². The Morgan fingerprint density at radius 2 is 1.68 bits per heavy atom. The molecule has 12 nitrogen and oxygen atoms in total. The third-order valence-corrected chi connectivity index (χ3v) is 13.4. The average molecular weight is 660 g/mol. The summed E-state index contributed by atoms with van der Waals surface area (Å²) in [6.07, 6.45) is -2.70. The minimum absolute atomic E-state index is 0.179. The molecular formula is C35H49NO11. The van der Waals surface area contributed by atoms with Gasteiger partial charge >= 0.3 is 11.9 Å². The van der Waals surface area contributed by atoms with Crippen LogP contribution in [0, 0.1) is 34.5 Å². The number of piperidine rings is 1. The van der Waals surface area contributed by atoms with E-state index in [1.807, 2.05) is 0 Å². The fourth-order valence-corrected chi connectivity index (χ4v) is 12.4. The lowest BCUT2D eigenvalue weighted by atomic mass is 9.42. The summed E-state index contributed by atoms with van der Waals surface area (Å²) in [6.45, 7) is 5.04. The number of aliphatic hydroxyl groups is 2. The first-order chi connectivity index (χ1) is 22.5. The van der Waals surface area contributed by atoms with Gasteiger partial charge in [0, 0.05) is 89.4 Å². The molecule has 5 aliphatic carbocycles. The summed E-state index contributed by atoms with van der Waals surface area (Å²) in [5, 5.41) is 24.8. The van der Waals surface area contributed by atoms with E-state index in [-0.39, 0.29) is 30.7 Å². The van der Waals surface area contributed by atoms with E-state index in [1.54, 1.807) is 52.7 Å². The molecule has 7 bridgehead atoms. The van der Waals surface area contributed by atoms with Crippen LogP contribution in [0.4, 0.5) is 0 Å². The van der Waals surface area contributed by atoms with Crippen molar-refractivity contribution >= 4 is 11.9 Å². The number of carbonyl (C=O) groups is 2. The molecule has 14 atom stereocenters. The van der Waals surface area contributed by atoms with Gasteiger partial charge in [-0.05, 0) is 43.1 Å². The van der Waals surface area contributed by atoms with E-state index >= 15 is 0 Å². The number of nitrogens with zero attached hydrogens (tertiary/aromatic N) is 1. The van der Waals surface area contributed by atoms with Gasteiger partial charge in [-0.1, -0.05) is 6.92 Å². The molecule has 1 heterocycles. The fraction of sp³-hybridized carbons (Fsp3) is 0.771. The molecule has 260 valence electrons. The highest BCUT2D eigenvalue weighted by atomic mass is 16.6. The number of rotatable bonds is 10. The second-order valence-electron chi connectivity index (χ2n) is 14.7. The topological polar surface area (TPSA) is 142 Å². The number of ether oxygens (including phenoxy) is 7. The Bertz CT molecular complexity index is 1390. The van der Waals surface area contributed by atoms with Crippen molar-refractivity contribution in [2.75, 3.05) is 55.2 Å². The summed E-state index contributed by atoms with van der Waals surface area (Å²) >= 11 is 0. The summed E-state index contributed by atoms with van der Waals surface area (Å²) in [4.78, 5) is 29.5. The molecule has 6 fully saturated rings. The number of benzene rings is 1. The summed E-state index contributed by atoms with van der Waals surface area (Å²) in [5.74, 6) is -2.10. The number of esters is 2. The van der Waals surface area contributed by atoms with Gasteiger partial charge in [-0.2, -0.15) is 0 Å². The molecule has 0 radical (unpaired) electrons. The first-order valence-electron chi connectivity index (χ1n) is 16.7. The van der Waals surface area contributed by atoms with Crippen LogP contribution in [0.2, 0.25) is 0 Å². The van der Waals surface area contributed by atoms with E-state index in [9.17, 15) is 19.8 Å². The Labute approximate surface area is 275 Å². The molecule has 1 aromatic carbocycles. The zero-order chi connectivity index (χ0) is 33.7. The Morgan fingerprint density at radius 3 is 2.26 bits per heavy atom. The zero-order valence-electron chi connectivity index (χ0n) is 28.3. The standard InChI is InChI=1S/C35H49NO11/c1-8-36-16-32(17-41-3)22(38)13-23(43-5)35-21-14-33(40)24(44-6)15-34(47-18(2)37,26(29(35)36)27(45-7)28(32)35)25(21)30(33)46-31(39)19-9-11-20(42-4)12-10-19/h9-12,21-30,38,40H,8,13-17H2,1-7H3/t21-,22-,23+,24-,25-,26+,27-,28+,29-,30+,32-,33-,34+,35+/m1/s1. The van der Waals surface area contributed by atoms with Crippen molar-refractivity contribution in [1.29, 1.82) is 0 Å². The summed E-state index contributed by atoms with van der Waals surface area (Å²) < 4.78 is 43.2. The first-order valence-corrected chi connectivity index (χ1v) is 16.7. The van der Waals surface area contributed by atoms with Gasteiger partial charge in [0.25, 0.3) is 0 Å². The molecule has 1 spiro atoms. The molecule has 47 heavy (non-hydrogen) atoms. The van der Waals surface area contributed by atoms with Crippen LogP contribution in [-0.2, 0) is 33.2 Å². The van der Waals surface area contributed by atoms with Crippen LogP contribution in [0.3, 0.4) is 0 Å². The summed E-state index contributed by atoms with van der Waals surface area (Å²) in [7, 11) is 8.11. The van der Waals surface area contributed by atoms with E-state index in [0.717, 1.165) is 0 Å².